The molecule has 0 spiro atoms. The van der Waals surface area contributed by atoms with Gasteiger partial charge in [0.1, 0.15) is 17.5 Å². The van der Waals surface area contributed by atoms with E-state index < -0.39 is 27.2 Å². The average molecular weight is 524 g/mol. The maximum absolute atomic E-state index is 13.4. The van der Waals surface area contributed by atoms with E-state index in [1.165, 1.54) is 34.8 Å². The lowest BCUT2D eigenvalue weighted by Crippen LogP contribution is -2.36. The van der Waals surface area contributed by atoms with Crippen LogP contribution in [0.3, 0.4) is 0 Å². The molecule has 2 aromatic carbocycles. The number of nitrogens with one attached hydrogen (secondary N) is 1. The fourth-order valence-corrected chi connectivity index (χ4v) is 6.70. The van der Waals surface area contributed by atoms with Crippen LogP contribution < -0.4 is 5.32 Å². The van der Waals surface area contributed by atoms with Gasteiger partial charge in [-0.25, -0.2) is 31.2 Å². The van der Waals surface area contributed by atoms with Crippen molar-refractivity contribution in [2.24, 2.45) is 11.8 Å². The first-order valence-corrected chi connectivity index (χ1v) is 13.5. The second-order valence-corrected chi connectivity index (χ2v) is 11.8. The fourth-order valence-electron chi connectivity index (χ4n) is 5.82. The zero-order chi connectivity index (χ0) is 26.1. The van der Waals surface area contributed by atoms with Gasteiger partial charge < -0.3 is 5.32 Å². The minimum Gasteiger partial charge on any atom is -0.310 e. The van der Waals surface area contributed by atoms with Crippen LogP contribution in [-0.4, -0.2) is 52.7 Å². The van der Waals surface area contributed by atoms with Crippen LogP contribution in [0.25, 0.3) is 16.6 Å². The van der Waals surface area contributed by atoms with Gasteiger partial charge in [0.15, 0.2) is 0 Å². The van der Waals surface area contributed by atoms with Crippen LogP contribution in [0.4, 0.5) is 14.6 Å². The Bertz CT molecular complexity index is 1650. The molecule has 6 rings (SSSR count). The lowest BCUT2D eigenvalue weighted by Gasteiger charge is -2.23. The summed E-state index contributed by atoms with van der Waals surface area (Å²) in [6.07, 6.45) is 3.91. The summed E-state index contributed by atoms with van der Waals surface area (Å²) in [6, 6.07) is 12.6. The Morgan fingerprint density at radius 2 is 1.81 bits per heavy atom. The summed E-state index contributed by atoms with van der Waals surface area (Å²) in [5.74, 6) is -1.58. The number of piperidine rings is 1. The van der Waals surface area contributed by atoms with Gasteiger partial charge in [0.2, 0.25) is 15.9 Å². The van der Waals surface area contributed by atoms with Crippen molar-refractivity contribution < 1.29 is 22.0 Å². The van der Waals surface area contributed by atoms with Crippen LogP contribution in [0.2, 0.25) is 0 Å². The molecule has 37 heavy (non-hydrogen) atoms. The standard InChI is InChI=1S/C26H23F2N5O3S/c1-15-9-22-16(11-30-33(22)19-6-3-17(27)4-7-19)10-20(15)26-14-32(37(2,35)36)13-21(26)24(26)25(34)31-23-8-5-18(28)12-29-23/h3-12,21,24H,13-14H2,1-2H3,(H,29,31,34)/t21-,24+,26+/m0/s1. The molecular formula is C26H23F2N5O3S. The third-order valence-electron chi connectivity index (χ3n) is 7.57. The molecule has 2 fully saturated rings. The van der Waals surface area contributed by atoms with Crippen LogP contribution in [0.5, 0.6) is 0 Å². The third kappa shape index (κ3) is 3.80. The molecule has 11 heteroatoms. The van der Waals surface area contributed by atoms with Crippen molar-refractivity contribution in [1.29, 1.82) is 0 Å². The second kappa shape index (κ2) is 8.15. The molecule has 0 bridgehead atoms. The molecule has 1 N–H and O–H groups in total. The summed E-state index contributed by atoms with van der Waals surface area (Å²) in [6.45, 7) is 2.35. The number of benzene rings is 2. The Kier molecular flexibility index (Phi) is 5.22. The van der Waals surface area contributed by atoms with Gasteiger partial charge >= 0.3 is 0 Å². The molecule has 4 aromatic rings. The summed E-state index contributed by atoms with van der Waals surface area (Å²) in [4.78, 5) is 17.3. The molecule has 0 unspecified atom stereocenters. The number of aryl methyl sites for hydroxylation is 1. The van der Waals surface area contributed by atoms with E-state index in [1.54, 1.807) is 23.0 Å². The highest BCUT2D eigenvalue weighted by atomic mass is 32.2. The third-order valence-corrected chi connectivity index (χ3v) is 8.78. The molecule has 2 aromatic heterocycles. The molecule has 2 aliphatic rings. The summed E-state index contributed by atoms with van der Waals surface area (Å²) < 4.78 is 54.6. The topological polar surface area (TPSA) is 97.2 Å². The highest BCUT2D eigenvalue weighted by Crippen LogP contribution is 2.65. The maximum atomic E-state index is 13.4. The number of nitrogens with zero attached hydrogens (tertiary/aromatic N) is 4. The minimum absolute atomic E-state index is 0.184. The lowest BCUT2D eigenvalue weighted by atomic mass is 9.88. The van der Waals surface area contributed by atoms with Crippen LogP contribution in [0.1, 0.15) is 11.1 Å². The number of carbonyl (C=O) groups excluding carboxylic acids is 1. The SMILES string of the molecule is Cc1cc2c(cnn2-c2ccc(F)cc2)cc1[C@]12CN(S(C)(=O)=O)C[C@H]1[C@@H]2C(=O)Nc1ccc(F)cn1. The summed E-state index contributed by atoms with van der Waals surface area (Å²) >= 11 is 0. The average Bonchev–Trinajstić information content (AvgIpc) is 3.12. The predicted octanol–water partition coefficient (Wildman–Crippen LogP) is 3.40. The number of carbonyl (C=O) groups is 1. The van der Waals surface area contributed by atoms with Crippen molar-refractivity contribution in [3.63, 3.8) is 0 Å². The summed E-state index contributed by atoms with van der Waals surface area (Å²) in [7, 11) is -3.45. The number of rotatable bonds is 5. The molecule has 1 aliphatic heterocycles. The van der Waals surface area contributed by atoms with Gasteiger partial charge in [0.25, 0.3) is 0 Å². The Hall–Kier alpha value is -3.70. The van der Waals surface area contributed by atoms with Crippen molar-refractivity contribution in [3.8, 4) is 5.69 Å². The van der Waals surface area contributed by atoms with E-state index in [9.17, 15) is 22.0 Å². The number of pyridine rings is 1. The zero-order valence-corrected chi connectivity index (χ0v) is 20.8. The van der Waals surface area contributed by atoms with Crippen molar-refractivity contribution in [2.45, 2.75) is 12.3 Å². The molecule has 3 atom stereocenters. The first kappa shape index (κ1) is 23.7. The first-order valence-electron chi connectivity index (χ1n) is 11.7. The Morgan fingerprint density at radius 3 is 2.49 bits per heavy atom. The maximum Gasteiger partial charge on any atom is 0.229 e. The summed E-state index contributed by atoms with van der Waals surface area (Å²) in [5.41, 5.74) is 2.60. The molecule has 0 radical (unpaired) electrons. The van der Waals surface area contributed by atoms with Gasteiger partial charge in [0.05, 0.1) is 35.8 Å². The molecule has 8 nitrogen and oxygen atoms in total. The molecular weight excluding hydrogens is 500 g/mol. The number of anilines is 1. The van der Waals surface area contributed by atoms with Crippen LogP contribution in [-0.2, 0) is 20.2 Å². The quantitative estimate of drug-likeness (QED) is 0.433. The van der Waals surface area contributed by atoms with E-state index in [0.29, 0.717) is 5.69 Å². The number of sulfonamides is 1. The molecule has 1 aliphatic carbocycles. The Morgan fingerprint density at radius 1 is 1.08 bits per heavy atom. The van der Waals surface area contributed by atoms with E-state index in [0.717, 1.165) is 28.2 Å². The van der Waals surface area contributed by atoms with Gasteiger partial charge in [-0.05, 0) is 72.5 Å². The van der Waals surface area contributed by atoms with Gasteiger partial charge in [0, 0.05) is 23.9 Å². The van der Waals surface area contributed by atoms with Crippen molar-refractivity contribution in [3.05, 3.63) is 83.7 Å². The number of hydrogen-bond acceptors (Lipinski definition) is 5. The molecule has 3 heterocycles. The van der Waals surface area contributed by atoms with Gasteiger partial charge in [-0.15, -0.1) is 0 Å². The number of hydrogen-bond donors (Lipinski definition) is 1. The molecule has 1 amide bonds. The Balaban J connectivity index is 1.40. The van der Waals surface area contributed by atoms with E-state index >= 15 is 0 Å². The van der Waals surface area contributed by atoms with Gasteiger partial charge in [-0.2, -0.15) is 5.10 Å². The fraction of sp³-hybridized carbons (Fsp3) is 0.269. The lowest BCUT2D eigenvalue weighted by molar-refractivity contribution is -0.118. The van der Waals surface area contributed by atoms with E-state index in [2.05, 4.69) is 15.4 Å². The number of halogens is 2. The van der Waals surface area contributed by atoms with Gasteiger partial charge in [-0.1, -0.05) is 0 Å². The number of aromatic nitrogens is 3. The van der Waals surface area contributed by atoms with Crippen LogP contribution in [0.15, 0.2) is 60.9 Å². The second-order valence-electron chi connectivity index (χ2n) is 9.79. The summed E-state index contributed by atoms with van der Waals surface area (Å²) in [5, 5.41) is 8.07. The number of amides is 1. The minimum atomic E-state index is -3.45. The largest absolute Gasteiger partial charge is 0.310 e. The highest BCUT2D eigenvalue weighted by molar-refractivity contribution is 7.88. The first-order chi connectivity index (χ1) is 17.6. The van der Waals surface area contributed by atoms with Crippen molar-refractivity contribution in [1.82, 2.24) is 19.1 Å². The van der Waals surface area contributed by atoms with E-state index in [1.807, 2.05) is 19.1 Å². The molecule has 1 saturated heterocycles. The number of fused-ring (bicyclic) bond motifs is 2. The monoisotopic (exact) mass is 523 g/mol. The van der Waals surface area contributed by atoms with Gasteiger partial charge in [-0.3, -0.25) is 4.79 Å². The zero-order valence-electron chi connectivity index (χ0n) is 20.0. The Labute approximate surface area is 212 Å². The van der Waals surface area contributed by atoms with Crippen LogP contribution >= 0.6 is 0 Å². The smallest absolute Gasteiger partial charge is 0.229 e. The normalized spacial score (nSPS) is 23.2. The van der Waals surface area contributed by atoms with Crippen molar-refractivity contribution in [2.75, 3.05) is 24.7 Å². The molecule has 1 saturated carbocycles. The van der Waals surface area contributed by atoms with Crippen LogP contribution in [0, 0.1) is 30.4 Å². The molecule has 190 valence electrons. The van der Waals surface area contributed by atoms with E-state index in [-0.39, 0.29) is 36.5 Å². The predicted molar refractivity (Wildman–Crippen MR) is 134 cm³/mol. The van der Waals surface area contributed by atoms with Crippen molar-refractivity contribution >= 4 is 32.7 Å². The van der Waals surface area contributed by atoms with E-state index in [4.69, 9.17) is 0 Å². The highest BCUT2D eigenvalue weighted by Gasteiger charge is 2.73.